The van der Waals surface area contributed by atoms with Crippen LogP contribution >= 0.6 is 11.6 Å². The number of hydrogen-bond acceptors (Lipinski definition) is 2. The molecule has 0 spiro atoms. The Hall–Kier alpha value is -1.28. The van der Waals surface area contributed by atoms with E-state index in [9.17, 15) is 0 Å². The fraction of sp³-hybridized carbons (Fsp3) is 0.400. The molecule has 3 rings (SSSR count). The molecule has 1 fully saturated rings. The summed E-state index contributed by atoms with van der Waals surface area (Å²) in [5.41, 5.74) is 2.11. The number of nitrogens with zero attached hydrogens (tertiary/aromatic N) is 1. The predicted octanol–water partition coefficient (Wildman–Crippen LogP) is 4.49. The number of pyridine rings is 1. The van der Waals surface area contributed by atoms with Crippen molar-refractivity contribution in [2.24, 2.45) is 5.92 Å². The van der Waals surface area contributed by atoms with Gasteiger partial charge in [-0.2, -0.15) is 0 Å². The highest BCUT2D eigenvalue weighted by molar-refractivity contribution is 6.31. The zero-order chi connectivity index (χ0) is 12.5. The second-order valence-electron chi connectivity index (χ2n) is 5.24. The van der Waals surface area contributed by atoms with Crippen LogP contribution in [0.2, 0.25) is 5.02 Å². The zero-order valence-corrected chi connectivity index (χ0v) is 11.2. The van der Waals surface area contributed by atoms with Gasteiger partial charge in [-0.25, -0.2) is 0 Å². The average Bonchev–Trinajstić information content (AvgIpc) is 3.12. The van der Waals surface area contributed by atoms with Gasteiger partial charge in [-0.1, -0.05) is 24.4 Å². The summed E-state index contributed by atoms with van der Waals surface area (Å²) in [6, 6.07) is 8.42. The van der Waals surface area contributed by atoms with E-state index >= 15 is 0 Å². The number of halogens is 1. The molecule has 0 bridgehead atoms. The average molecular weight is 261 g/mol. The Bertz CT molecular complexity index is 563. The molecule has 1 aliphatic rings. The summed E-state index contributed by atoms with van der Waals surface area (Å²) in [5, 5.41) is 5.47. The minimum atomic E-state index is 0.513. The Balaban J connectivity index is 1.86. The molecule has 1 atom stereocenters. The molecule has 1 heterocycles. The van der Waals surface area contributed by atoms with Crippen molar-refractivity contribution < 1.29 is 0 Å². The van der Waals surface area contributed by atoms with E-state index in [1.165, 1.54) is 19.3 Å². The maximum atomic E-state index is 5.99. The van der Waals surface area contributed by atoms with Gasteiger partial charge in [-0.3, -0.25) is 4.98 Å². The molecule has 2 nitrogen and oxygen atoms in total. The third-order valence-corrected chi connectivity index (χ3v) is 3.73. The van der Waals surface area contributed by atoms with E-state index < -0.39 is 0 Å². The second-order valence-corrected chi connectivity index (χ2v) is 5.68. The van der Waals surface area contributed by atoms with Gasteiger partial charge in [0.25, 0.3) is 0 Å². The smallest absolute Gasteiger partial charge is 0.0737 e. The van der Waals surface area contributed by atoms with Crippen molar-refractivity contribution in [1.29, 1.82) is 0 Å². The lowest BCUT2D eigenvalue weighted by atomic mass is 10.1. The maximum Gasteiger partial charge on any atom is 0.0737 e. The number of rotatable bonds is 4. The van der Waals surface area contributed by atoms with E-state index in [0.717, 1.165) is 27.5 Å². The van der Waals surface area contributed by atoms with Gasteiger partial charge in [0, 0.05) is 28.3 Å². The summed E-state index contributed by atoms with van der Waals surface area (Å²) in [7, 11) is 0. The van der Waals surface area contributed by atoms with E-state index in [-0.39, 0.29) is 0 Å². The van der Waals surface area contributed by atoms with Crippen LogP contribution in [0, 0.1) is 5.92 Å². The molecule has 2 aromatic rings. The van der Waals surface area contributed by atoms with Gasteiger partial charge in [-0.15, -0.1) is 0 Å². The summed E-state index contributed by atoms with van der Waals surface area (Å²) in [6.45, 7) is 2.25. The Morgan fingerprint density at radius 3 is 3.00 bits per heavy atom. The van der Waals surface area contributed by atoms with E-state index in [1.807, 2.05) is 30.5 Å². The van der Waals surface area contributed by atoms with Crippen molar-refractivity contribution in [1.82, 2.24) is 4.98 Å². The molecule has 94 valence electrons. The van der Waals surface area contributed by atoms with E-state index in [1.54, 1.807) is 0 Å². The van der Waals surface area contributed by atoms with Crippen LogP contribution in [0.5, 0.6) is 0 Å². The van der Waals surface area contributed by atoms with Crippen LogP contribution in [-0.4, -0.2) is 11.0 Å². The van der Waals surface area contributed by atoms with Crippen LogP contribution in [0.4, 0.5) is 5.69 Å². The minimum Gasteiger partial charge on any atom is -0.382 e. The highest BCUT2D eigenvalue weighted by Gasteiger charge is 2.23. The molecule has 1 aliphatic carbocycles. The van der Waals surface area contributed by atoms with Gasteiger partial charge in [0.2, 0.25) is 0 Å². The molecule has 1 saturated carbocycles. The van der Waals surface area contributed by atoms with E-state index in [2.05, 4.69) is 17.2 Å². The summed E-state index contributed by atoms with van der Waals surface area (Å²) < 4.78 is 0. The summed E-state index contributed by atoms with van der Waals surface area (Å²) in [4.78, 5) is 4.36. The number of anilines is 1. The molecular weight excluding hydrogens is 244 g/mol. The Morgan fingerprint density at radius 2 is 2.22 bits per heavy atom. The van der Waals surface area contributed by atoms with Crippen molar-refractivity contribution in [3.63, 3.8) is 0 Å². The van der Waals surface area contributed by atoms with Gasteiger partial charge in [0.05, 0.1) is 5.52 Å². The summed E-state index contributed by atoms with van der Waals surface area (Å²) in [5.74, 6) is 0.940. The monoisotopic (exact) mass is 260 g/mol. The number of aromatic nitrogens is 1. The van der Waals surface area contributed by atoms with Gasteiger partial charge in [0.15, 0.2) is 0 Å². The highest BCUT2D eigenvalue weighted by atomic mass is 35.5. The van der Waals surface area contributed by atoms with Gasteiger partial charge in [-0.05, 0) is 43.5 Å². The molecule has 1 aromatic heterocycles. The van der Waals surface area contributed by atoms with Gasteiger partial charge < -0.3 is 5.32 Å². The van der Waals surface area contributed by atoms with E-state index in [0.29, 0.717) is 6.04 Å². The second kappa shape index (κ2) is 4.77. The van der Waals surface area contributed by atoms with Crippen LogP contribution in [0.25, 0.3) is 10.9 Å². The van der Waals surface area contributed by atoms with Crippen LogP contribution in [0.1, 0.15) is 26.2 Å². The zero-order valence-electron chi connectivity index (χ0n) is 10.5. The first kappa shape index (κ1) is 11.8. The minimum absolute atomic E-state index is 0.513. The number of hydrogen-bond donors (Lipinski definition) is 1. The molecule has 1 N–H and O–H groups in total. The maximum absolute atomic E-state index is 5.99. The van der Waals surface area contributed by atoms with Crippen LogP contribution in [0.15, 0.2) is 30.5 Å². The fourth-order valence-corrected chi connectivity index (χ4v) is 2.59. The fourth-order valence-electron chi connectivity index (χ4n) is 2.43. The van der Waals surface area contributed by atoms with Crippen molar-refractivity contribution >= 4 is 28.2 Å². The molecule has 18 heavy (non-hydrogen) atoms. The largest absolute Gasteiger partial charge is 0.382 e. The molecule has 0 amide bonds. The normalized spacial score (nSPS) is 16.8. The van der Waals surface area contributed by atoms with Crippen molar-refractivity contribution in [2.75, 3.05) is 5.32 Å². The number of benzene rings is 1. The molecule has 1 unspecified atom stereocenters. The number of nitrogens with one attached hydrogen (secondary N) is 1. The Kier molecular flexibility index (Phi) is 3.13. The van der Waals surface area contributed by atoms with Crippen LogP contribution in [0.3, 0.4) is 0 Å². The molecule has 0 saturated heterocycles. The van der Waals surface area contributed by atoms with Crippen molar-refractivity contribution in [2.45, 2.75) is 32.2 Å². The van der Waals surface area contributed by atoms with Crippen molar-refractivity contribution in [3.8, 4) is 0 Å². The lowest BCUT2D eigenvalue weighted by molar-refractivity contribution is 0.643. The lowest BCUT2D eigenvalue weighted by Gasteiger charge is -2.16. The van der Waals surface area contributed by atoms with E-state index in [4.69, 9.17) is 11.6 Å². The first-order valence-corrected chi connectivity index (χ1v) is 6.91. The predicted molar refractivity (Wildman–Crippen MR) is 77.2 cm³/mol. The molecular formula is C15H17ClN2. The summed E-state index contributed by atoms with van der Waals surface area (Å²) >= 11 is 5.99. The third-order valence-electron chi connectivity index (χ3n) is 3.49. The first-order chi connectivity index (χ1) is 8.72. The Labute approximate surface area is 112 Å². The highest BCUT2D eigenvalue weighted by Crippen LogP contribution is 2.34. The molecule has 3 heteroatoms. The SMILES string of the molecule is CC(CC1CC1)Nc1ccnc2cc(Cl)ccc12. The van der Waals surface area contributed by atoms with Crippen LogP contribution in [-0.2, 0) is 0 Å². The molecule has 0 radical (unpaired) electrons. The standard InChI is InChI=1S/C15H17ClN2/c1-10(8-11-2-3-11)18-14-6-7-17-15-9-12(16)4-5-13(14)15/h4-7,9-11H,2-3,8H2,1H3,(H,17,18). The first-order valence-electron chi connectivity index (χ1n) is 6.53. The topological polar surface area (TPSA) is 24.9 Å². The summed E-state index contributed by atoms with van der Waals surface area (Å²) in [6.07, 6.45) is 5.90. The quantitative estimate of drug-likeness (QED) is 0.876. The molecule has 1 aromatic carbocycles. The van der Waals surface area contributed by atoms with Crippen molar-refractivity contribution in [3.05, 3.63) is 35.5 Å². The lowest BCUT2D eigenvalue weighted by Crippen LogP contribution is -2.15. The Morgan fingerprint density at radius 1 is 1.39 bits per heavy atom. The van der Waals surface area contributed by atoms with Crippen LogP contribution < -0.4 is 5.32 Å². The van der Waals surface area contributed by atoms with Gasteiger partial charge in [0.1, 0.15) is 0 Å². The number of fused-ring (bicyclic) bond motifs is 1. The van der Waals surface area contributed by atoms with Gasteiger partial charge >= 0.3 is 0 Å². The third kappa shape index (κ3) is 2.59. The molecule has 0 aliphatic heterocycles.